The van der Waals surface area contributed by atoms with Gasteiger partial charge in [0.05, 0.1) is 0 Å². The predicted octanol–water partition coefficient (Wildman–Crippen LogP) is -1.30. The average Bonchev–Trinajstić information content (AvgIpc) is 2.28. The molecule has 0 unspecified atom stereocenters. The van der Waals surface area contributed by atoms with Crippen LogP contribution in [0.5, 0.6) is 5.75 Å². The molecule has 18 heavy (non-hydrogen) atoms. The summed E-state index contributed by atoms with van der Waals surface area (Å²) in [6, 6.07) is 3.58. The second-order valence-corrected chi connectivity index (χ2v) is 4.60. The maximum Gasteiger partial charge on any atom is 1.00 e. The minimum atomic E-state index is -4.53. The Hall–Kier alpha value is -1.06. The van der Waals surface area contributed by atoms with Crippen LogP contribution in [0.25, 0.3) is 10.9 Å². The van der Waals surface area contributed by atoms with Crippen LogP contribution in [0.4, 0.5) is 5.69 Å². The molecular weight excluding hydrogens is 271 g/mol. The van der Waals surface area contributed by atoms with Gasteiger partial charge >= 0.3 is 29.6 Å². The third kappa shape index (κ3) is 2.52. The van der Waals surface area contributed by atoms with Crippen LogP contribution in [0.15, 0.2) is 34.5 Å². The van der Waals surface area contributed by atoms with Crippen LogP contribution in [0.3, 0.4) is 0 Å². The number of fused-ring (bicyclic) bond motifs is 1. The largest absolute Gasteiger partial charge is 1.00 e. The van der Waals surface area contributed by atoms with Crippen molar-refractivity contribution in [3.8, 4) is 5.75 Å². The second-order valence-electron chi connectivity index (χ2n) is 3.21. The molecule has 9 heteroatoms. The third-order valence-corrected chi connectivity index (χ3v) is 3.08. The molecule has 0 bridgehead atoms. The van der Waals surface area contributed by atoms with E-state index in [0.717, 1.165) is 6.07 Å². The van der Waals surface area contributed by atoms with Crippen LogP contribution in [-0.4, -0.2) is 23.1 Å². The summed E-state index contributed by atoms with van der Waals surface area (Å²) in [6.45, 7) is 0. The zero-order chi connectivity index (χ0) is 12.6. The fraction of sp³-hybridized carbons (Fsp3) is 0. The number of aromatic nitrogens is 1. The van der Waals surface area contributed by atoms with Gasteiger partial charge in [-0.05, 0) is 23.4 Å². The van der Waals surface area contributed by atoms with Crippen molar-refractivity contribution in [2.45, 2.75) is 4.90 Å². The van der Waals surface area contributed by atoms with Crippen molar-refractivity contribution in [1.29, 1.82) is 0 Å². The van der Waals surface area contributed by atoms with Crippen molar-refractivity contribution in [2.75, 3.05) is 0 Å². The van der Waals surface area contributed by atoms with Crippen molar-refractivity contribution in [2.24, 2.45) is 5.18 Å². The molecule has 90 valence electrons. The molecule has 0 radical (unpaired) electrons. The maximum atomic E-state index is 11.1. The number of phenolic OH excluding ortho intramolecular Hbond substituents is 1. The van der Waals surface area contributed by atoms with Gasteiger partial charge in [0.15, 0.2) is 11.4 Å². The van der Waals surface area contributed by atoms with Gasteiger partial charge in [0.25, 0.3) is 10.1 Å². The number of benzene rings is 1. The molecule has 1 aromatic carbocycles. The molecule has 0 saturated carbocycles. The van der Waals surface area contributed by atoms with E-state index >= 15 is 0 Å². The van der Waals surface area contributed by atoms with Crippen LogP contribution in [0.1, 0.15) is 1.43 Å². The molecule has 7 nitrogen and oxygen atoms in total. The van der Waals surface area contributed by atoms with E-state index in [0.29, 0.717) is 0 Å². The minimum Gasteiger partial charge on any atom is -1.00 e. The summed E-state index contributed by atoms with van der Waals surface area (Å²) >= 11 is 0. The molecule has 0 fully saturated rings. The van der Waals surface area contributed by atoms with Crippen LogP contribution < -0.4 is 29.6 Å². The Morgan fingerprint density at radius 1 is 1.39 bits per heavy atom. The molecule has 0 saturated heterocycles. The Kier molecular flexibility index (Phi) is 4.41. The normalized spacial score (nSPS) is 10.9. The molecule has 0 aliphatic heterocycles. The number of aromatic hydroxyl groups is 1. The molecule has 0 amide bonds. The average molecular weight is 278 g/mol. The van der Waals surface area contributed by atoms with Crippen molar-refractivity contribution >= 4 is 26.7 Å². The topological polar surface area (TPSA) is 117 Å². The van der Waals surface area contributed by atoms with Crippen molar-refractivity contribution in [3.63, 3.8) is 0 Å². The number of nitroso groups, excluding NO2 is 1. The van der Waals surface area contributed by atoms with Gasteiger partial charge in [0.1, 0.15) is 10.4 Å². The Labute approximate surface area is 125 Å². The number of rotatable bonds is 2. The van der Waals surface area contributed by atoms with E-state index in [1.54, 1.807) is 0 Å². The predicted molar refractivity (Wildman–Crippen MR) is 59.8 cm³/mol. The van der Waals surface area contributed by atoms with Crippen LogP contribution >= 0.6 is 0 Å². The van der Waals surface area contributed by atoms with Gasteiger partial charge < -0.3 is 6.53 Å². The molecule has 2 N–H and O–H groups in total. The SMILES string of the molecule is O=Nc1cc(S(=O)(=O)O)c2cccnc2c1O.[H-].[Na+]. The molecule has 2 rings (SSSR count). The molecule has 0 aliphatic rings. The summed E-state index contributed by atoms with van der Waals surface area (Å²) in [7, 11) is -4.53. The number of hydrogen-bond acceptors (Lipinski definition) is 6. The summed E-state index contributed by atoms with van der Waals surface area (Å²) in [5, 5.41) is 12.1. The monoisotopic (exact) mass is 278 g/mol. The number of phenols is 1. The van der Waals surface area contributed by atoms with Crippen LogP contribution in [0.2, 0.25) is 0 Å². The van der Waals surface area contributed by atoms with E-state index in [9.17, 15) is 18.4 Å². The van der Waals surface area contributed by atoms with Crippen LogP contribution in [0, 0.1) is 4.91 Å². The first-order valence-electron chi connectivity index (χ1n) is 4.36. The quantitative estimate of drug-likeness (QED) is 0.400. The van der Waals surface area contributed by atoms with Crippen molar-refractivity contribution in [1.82, 2.24) is 4.98 Å². The Morgan fingerprint density at radius 3 is 2.61 bits per heavy atom. The van der Waals surface area contributed by atoms with Crippen LogP contribution in [-0.2, 0) is 10.1 Å². The smallest absolute Gasteiger partial charge is 1.00 e. The summed E-state index contributed by atoms with van der Waals surface area (Å²) in [4.78, 5) is 13.7. The van der Waals surface area contributed by atoms with E-state index in [1.807, 2.05) is 0 Å². The van der Waals surface area contributed by atoms with E-state index in [1.165, 1.54) is 18.3 Å². The Bertz CT molecular complexity index is 722. The number of nitrogens with zero attached hydrogens (tertiary/aromatic N) is 2. The van der Waals surface area contributed by atoms with E-state index in [4.69, 9.17) is 4.55 Å². The summed E-state index contributed by atoms with van der Waals surface area (Å²) in [6.07, 6.45) is 1.31. The molecular formula is C9H7N2NaO5S. The molecule has 1 aromatic heterocycles. The van der Waals surface area contributed by atoms with E-state index in [-0.39, 0.29) is 41.9 Å². The van der Waals surface area contributed by atoms with Gasteiger partial charge in [-0.15, -0.1) is 4.91 Å². The first-order valence-corrected chi connectivity index (χ1v) is 5.80. The van der Waals surface area contributed by atoms with Gasteiger partial charge in [-0.25, -0.2) is 0 Å². The van der Waals surface area contributed by atoms with Gasteiger partial charge in [-0.1, -0.05) is 0 Å². The van der Waals surface area contributed by atoms with Gasteiger partial charge in [0, 0.05) is 11.6 Å². The third-order valence-electron chi connectivity index (χ3n) is 2.18. The first-order chi connectivity index (χ1) is 7.95. The summed E-state index contributed by atoms with van der Waals surface area (Å²) < 4.78 is 31.3. The van der Waals surface area contributed by atoms with E-state index < -0.39 is 26.5 Å². The molecule has 0 spiro atoms. The Morgan fingerprint density at radius 2 is 2.06 bits per heavy atom. The maximum absolute atomic E-state index is 11.1. The molecule has 0 atom stereocenters. The standard InChI is InChI=1S/C9H6N2O5S.Na.H/c12-9-6(11-13)4-7(17(14,15)16)5-2-1-3-10-8(5)9;;/h1-4,12H,(H,14,15,16);;/q;+1;-1. The summed E-state index contributed by atoms with van der Waals surface area (Å²) in [5.74, 6) is -0.525. The van der Waals surface area contributed by atoms with Crippen molar-refractivity contribution < 1.29 is 49.1 Å². The van der Waals surface area contributed by atoms with Gasteiger partial charge in [0.2, 0.25) is 0 Å². The second kappa shape index (κ2) is 5.29. The molecule has 0 aliphatic carbocycles. The minimum absolute atomic E-state index is 0. The van der Waals surface area contributed by atoms with Crippen molar-refractivity contribution in [3.05, 3.63) is 29.3 Å². The fourth-order valence-corrected chi connectivity index (χ4v) is 2.17. The van der Waals surface area contributed by atoms with Gasteiger partial charge in [-0.3, -0.25) is 9.54 Å². The number of pyridine rings is 1. The Balaban J connectivity index is 0.00000162. The number of hydrogen-bond donors (Lipinski definition) is 2. The van der Waals surface area contributed by atoms with Gasteiger partial charge in [-0.2, -0.15) is 8.42 Å². The molecule has 2 aromatic rings. The van der Waals surface area contributed by atoms with E-state index in [2.05, 4.69) is 10.2 Å². The zero-order valence-electron chi connectivity index (χ0n) is 10.2. The summed E-state index contributed by atoms with van der Waals surface area (Å²) in [5.41, 5.74) is -0.610. The molecule has 1 heterocycles. The first kappa shape index (κ1) is 15.0. The zero-order valence-corrected chi connectivity index (χ0v) is 12.0. The fourth-order valence-electron chi connectivity index (χ4n) is 1.47.